The molecular formula is C16H14O4. The van der Waals surface area contributed by atoms with Crippen molar-refractivity contribution in [2.24, 2.45) is 0 Å². The molecule has 102 valence electrons. The summed E-state index contributed by atoms with van der Waals surface area (Å²) in [6.45, 7) is 0. The lowest BCUT2D eigenvalue weighted by molar-refractivity contribution is 0.0841. The van der Waals surface area contributed by atoms with Gasteiger partial charge in [0.15, 0.2) is 17.3 Å². The van der Waals surface area contributed by atoms with Gasteiger partial charge in [0.1, 0.15) is 6.10 Å². The highest BCUT2D eigenvalue weighted by atomic mass is 16.5. The van der Waals surface area contributed by atoms with Crippen LogP contribution in [0.5, 0.6) is 17.2 Å². The fraction of sp³-hybridized carbons (Fsp3) is 0.188. The molecule has 1 N–H and O–H groups in total. The summed E-state index contributed by atoms with van der Waals surface area (Å²) in [5, 5.41) is 9.79. The summed E-state index contributed by atoms with van der Waals surface area (Å²) in [5.74, 6) is 0.472. The van der Waals surface area contributed by atoms with E-state index in [2.05, 4.69) is 0 Å². The summed E-state index contributed by atoms with van der Waals surface area (Å²) < 4.78 is 11.0. The molecule has 0 bridgehead atoms. The second kappa shape index (κ2) is 4.89. The first-order chi connectivity index (χ1) is 9.70. The van der Waals surface area contributed by atoms with Crippen molar-refractivity contribution in [1.29, 1.82) is 0 Å². The summed E-state index contributed by atoms with van der Waals surface area (Å²) >= 11 is 0. The normalized spacial score (nSPS) is 17.2. The Labute approximate surface area is 116 Å². The SMILES string of the molecule is COc1c(O)ccc2c1O[C@H](c1ccccc1)CC2=O. The van der Waals surface area contributed by atoms with Gasteiger partial charge < -0.3 is 14.6 Å². The van der Waals surface area contributed by atoms with Gasteiger partial charge in [-0.25, -0.2) is 0 Å². The minimum atomic E-state index is -0.355. The maximum atomic E-state index is 12.2. The van der Waals surface area contributed by atoms with Crippen LogP contribution < -0.4 is 9.47 Å². The van der Waals surface area contributed by atoms with Crippen LogP contribution >= 0.6 is 0 Å². The van der Waals surface area contributed by atoms with Crippen molar-refractivity contribution in [1.82, 2.24) is 0 Å². The van der Waals surface area contributed by atoms with Crippen LogP contribution in [0.15, 0.2) is 42.5 Å². The van der Waals surface area contributed by atoms with E-state index in [0.29, 0.717) is 11.3 Å². The number of ether oxygens (including phenoxy) is 2. The molecular weight excluding hydrogens is 256 g/mol. The van der Waals surface area contributed by atoms with Crippen LogP contribution in [0, 0.1) is 0 Å². The number of hydrogen-bond donors (Lipinski definition) is 1. The second-order valence-electron chi connectivity index (χ2n) is 4.64. The molecule has 2 aromatic rings. The Morgan fingerprint density at radius 3 is 2.65 bits per heavy atom. The molecule has 2 aromatic carbocycles. The molecule has 0 aliphatic carbocycles. The van der Waals surface area contributed by atoms with Crippen molar-refractivity contribution in [2.75, 3.05) is 7.11 Å². The first-order valence-electron chi connectivity index (χ1n) is 6.35. The Bertz CT molecular complexity index is 649. The van der Waals surface area contributed by atoms with E-state index in [9.17, 15) is 9.90 Å². The Morgan fingerprint density at radius 2 is 1.95 bits per heavy atom. The van der Waals surface area contributed by atoms with Gasteiger partial charge in [-0.15, -0.1) is 0 Å². The zero-order chi connectivity index (χ0) is 14.1. The van der Waals surface area contributed by atoms with Crippen molar-refractivity contribution in [3.63, 3.8) is 0 Å². The average Bonchev–Trinajstić information content (AvgIpc) is 2.48. The van der Waals surface area contributed by atoms with Crippen molar-refractivity contribution < 1.29 is 19.4 Å². The van der Waals surface area contributed by atoms with E-state index in [1.807, 2.05) is 30.3 Å². The lowest BCUT2D eigenvalue weighted by atomic mass is 9.96. The van der Waals surface area contributed by atoms with E-state index in [-0.39, 0.29) is 29.8 Å². The minimum Gasteiger partial charge on any atom is -0.504 e. The van der Waals surface area contributed by atoms with Gasteiger partial charge in [-0.05, 0) is 17.7 Å². The van der Waals surface area contributed by atoms with Gasteiger partial charge >= 0.3 is 0 Å². The van der Waals surface area contributed by atoms with E-state index in [4.69, 9.17) is 9.47 Å². The molecule has 20 heavy (non-hydrogen) atoms. The summed E-state index contributed by atoms with van der Waals surface area (Å²) in [7, 11) is 1.44. The maximum Gasteiger partial charge on any atom is 0.203 e. The number of rotatable bonds is 2. The molecule has 0 saturated heterocycles. The fourth-order valence-electron chi connectivity index (χ4n) is 2.40. The van der Waals surface area contributed by atoms with Gasteiger partial charge in [0, 0.05) is 0 Å². The van der Waals surface area contributed by atoms with E-state index >= 15 is 0 Å². The van der Waals surface area contributed by atoms with Crippen LogP contribution in [-0.2, 0) is 0 Å². The summed E-state index contributed by atoms with van der Waals surface area (Å²) in [6, 6.07) is 12.6. The third-order valence-corrected chi connectivity index (χ3v) is 3.40. The van der Waals surface area contributed by atoms with Crippen molar-refractivity contribution in [3.8, 4) is 17.2 Å². The average molecular weight is 270 g/mol. The summed E-state index contributed by atoms with van der Waals surface area (Å²) in [5.41, 5.74) is 1.38. The number of Topliss-reactive ketones (excluding diaryl/α,β-unsaturated/α-hetero) is 1. The number of carbonyl (C=O) groups excluding carboxylic acids is 1. The molecule has 1 heterocycles. The van der Waals surface area contributed by atoms with E-state index in [1.54, 1.807) is 6.07 Å². The van der Waals surface area contributed by atoms with E-state index < -0.39 is 0 Å². The van der Waals surface area contributed by atoms with Crippen LogP contribution in [0.3, 0.4) is 0 Å². The Hall–Kier alpha value is -2.49. The smallest absolute Gasteiger partial charge is 0.203 e. The molecule has 4 nitrogen and oxygen atoms in total. The van der Waals surface area contributed by atoms with Crippen LogP contribution in [0.1, 0.15) is 28.4 Å². The number of aromatic hydroxyl groups is 1. The predicted molar refractivity (Wildman–Crippen MR) is 73.4 cm³/mol. The number of phenolic OH excluding ortho intramolecular Hbond substituents is 1. The van der Waals surface area contributed by atoms with Gasteiger partial charge in [0.2, 0.25) is 5.75 Å². The van der Waals surface area contributed by atoms with Gasteiger partial charge in [-0.2, -0.15) is 0 Å². The molecule has 0 saturated carbocycles. The van der Waals surface area contributed by atoms with Crippen molar-refractivity contribution >= 4 is 5.78 Å². The van der Waals surface area contributed by atoms with Gasteiger partial charge in [-0.1, -0.05) is 30.3 Å². The lowest BCUT2D eigenvalue weighted by Crippen LogP contribution is -2.20. The first-order valence-corrected chi connectivity index (χ1v) is 6.35. The quantitative estimate of drug-likeness (QED) is 0.911. The topological polar surface area (TPSA) is 55.8 Å². The number of phenols is 1. The molecule has 1 aliphatic rings. The van der Waals surface area contributed by atoms with Crippen molar-refractivity contribution in [2.45, 2.75) is 12.5 Å². The zero-order valence-corrected chi connectivity index (χ0v) is 11.0. The number of methoxy groups -OCH3 is 1. The third-order valence-electron chi connectivity index (χ3n) is 3.40. The molecule has 0 aromatic heterocycles. The number of carbonyl (C=O) groups is 1. The van der Waals surface area contributed by atoms with Crippen LogP contribution in [0.4, 0.5) is 0 Å². The molecule has 4 heteroatoms. The van der Waals surface area contributed by atoms with Crippen LogP contribution in [-0.4, -0.2) is 18.0 Å². The first kappa shape index (κ1) is 12.5. The van der Waals surface area contributed by atoms with E-state index in [1.165, 1.54) is 13.2 Å². The third kappa shape index (κ3) is 1.99. The molecule has 1 aliphatic heterocycles. The van der Waals surface area contributed by atoms with E-state index in [0.717, 1.165) is 5.56 Å². The Balaban J connectivity index is 2.05. The number of fused-ring (bicyclic) bond motifs is 1. The number of benzene rings is 2. The highest BCUT2D eigenvalue weighted by Crippen LogP contribution is 2.45. The maximum absolute atomic E-state index is 12.2. The second-order valence-corrected chi connectivity index (χ2v) is 4.64. The predicted octanol–water partition coefficient (Wildman–Crippen LogP) is 3.11. The molecule has 0 unspecified atom stereocenters. The number of hydrogen-bond acceptors (Lipinski definition) is 4. The molecule has 3 rings (SSSR count). The lowest BCUT2D eigenvalue weighted by Gasteiger charge is -2.27. The Kier molecular flexibility index (Phi) is 3.06. The standard InChI is InChI=1S/C16H14O4/c1-19-16-12(17)8-7-11-13(18)9-14(20-15(11)16)10-5-3-2-4-6-10/h2-8,14,17H,9H2,1H3/t14-/m0/s1. The summed E-state index contributed by atoms with van der Waals surface area (Å²) in [4.78, 5) is 12.2. The van der Waals surface area contributed by atoms with Crippen LogP contribution in [0.25, 0.3) is 0 Å². The summed E-state index contributed by atoms with van der Waals surface area (Å²) in [6.07, 6.45) is -0.0720. The zero-order valence-electron chi connectivity index (χ0n) is 11.0. The highest BCUT2D eigenvalue weighted by molar-refractivity contribution is 6.01. The van der Waals surface area contributed by atoms with Gasteiger partial charge in [0.25, 0.3) is 0 Å². The van der Waals surface area contributed by atoms with Gasteiger partial charge in [-0.3, -0.25) is 4.79 Å². The molecule has 0 spiro atoms. The molecule has 0 fully saturated rings. The highest BCUT2D eigenvalue weighted by Gasteiger charge is 2.31. The number of ketones is 1. The van der Waals surface area contributed by atoms with Gasteiger partial charge in [0.05, 0.1) is 19.1 Å². The van der Waals surface area contributed by atoms with Crippen LogP contribution in [0.2, 0.25) is 0 Å². The van der Waals surface area contributed by atoms with Crippen molar-refractivity contribution in [3.05, 3.63) is 53.6 Å². The molecule has 0 radical (unpaired) electrons. The minimum absolute atomic E-state index is 0.0154. The Morgan fingerprint density at radius 1 is 1.20 bits per heavy atom. The molecule has 0 amide bonds. The largest absolute Gasteiger partial charge is 0.504 e. The monoisotopic (exact) mass is 270 g/mol. The fourth-order valence-corrected chi connectivity index (χ4v) is 2.40. The molecule has 1 atom stereocenters.